The lowest BCUT2D eigenvalue weighted by molar-refractivity contribution is -0.121. The molecule has 0 saturated heterocycles. The number of carbonyl (C=O) groups excluding carboxylic acids is 3. The molecular weight excluding hydrogens is 452 g/mol. The van der Waals surface area contributed by atoms with Crippen molar-refractivity contribution in [3.63, 3.8) is 0 Å². The van der Waals surface area contributed by atoms with Crippen LogP contribution in [0.15, 0.2) is 59.0 Å². The molecule has 0 saturated carbocycles. The molecule has 3 aromatic rings. The van der Waals surface area contributed by atoms with Gasteiger partial charge >= 0.3 is 0 Å². The maximum Gasteiger partial charge on any atom is 0.286 e. The van der Waals surface area contributed by atoms with Crippen molar-refractivity contribution in [1.29, 1.82) is 0 Å². The topological polar surface area (TPSA) is 107 Å². The van der Waals surface area contributed by atoms with Gasteiger partial charge in [-0.15, -0.1) is 0 Å². The quantitative estimate of drug-likeness (QED) is 0.444. The van der Waals surface area contributed by atoms with Gasteiger partial charge in [0.1, 0.15) is 23.0 Å². The van der Waals surface area contributed by atoms with Crippen molar-refractivity contribution in [2.75, 3.05) is 31.8 Å². The predicted octanol–water partition coefficient (Wildman–Crippen LogP) is 3.62. The summed E-state index contributed by atoms with van der Waals surface area (Å²) >= 11 is 0. The van der Waals surface area contributed by atoms with Crippen LogP contribution < -0.4 is 24.4 Å². The summed E-state index contributed by atoms with van der Waals surface area (Å²) in [5, 5.41) is 2.75. The van der Waals surface area contributed by atoms with Gasteiger partial charge in [0.05, 0.1) is 19.3 Å². The zero-order valence-electron chi connectivity index (χ0n) is 19.5. The second kappa shape index (κ2) is 10.8. The molecule has 2 aromatic carbocycles. The van der Waals surface area contributed by atoms with Crippen LogP contribution in [0.5, 0.6) is 17.2 Å². The van der Waals surface area contributed by atoms with Crippen LogP contribution in [-0.2, 0) is 11.3 Å². The van der Waals surface area contributed by atoms with Crippen molar-refractivity contribution in [3.8, 4) is 17.2 Å². The molecule has 2 amide bonds. The normalized spacial score (nSPS) is 12.5. The van der Waals surface area contributed by atoms with E-state index < -0.39 is 0 Å². The van der Waals surface area contributed by atoms with Crippen molar-refractivity contribution in [1.82, 2.24) is 5.32 Å². The molecule has 0 atom stereocenters. The molecule has 0 radical (unpaired) electrons. The zero-order chi connectivity index (χ0) is 24.8. The summed E-state index contributed by atoms with van der Waals surface area (Å²) in [5.74, 6) is 1.46. The van der Waals surface area contributed by atoms with Gasteiger partial charge < -0.3 is 23.9 Å². The molecule has 1 aliphatic rings. The maximum absolute atomic E-state index is 12.8. The number of nitrogens with one attached hydrogen (secondary N) is 1. The minimum atomic E-state index is -0.309. The number of ketones is 1. The van der Waals surface area contributed by atoms with Crippen LogP contribution >= 0.6 is 0 Å². The number of fused-ring (bicyclic) bond motifs is 1. The van der Waals surface area contributed by atoms with Gasteiger partial charge in [-0.25, -0.2) is 0 Å². The number of nitrogens with zero attached hydrogens (tertiary/aromatic N) is 1. The zero-order valence-corrected chi connectivity index (χ0v) is 19.5. The molecule has 182 valence electrons. The van der Waals surface area contributed by atoms with Gasteiger partial charge in [-0.1, -0.05) is 6.92 Å². The Hall–Kier alpha value is -4.27. The number of benzene rings is 2. The summed E-state index contributed by atoms with van der Waals surface area (Å²) in [4.78, 5) is 39.0. The summed E-state index contributed by atoms with van der Waals surface area (Å²) in [6.45, 7) is 2.29. The van der Waals surface area contributed by atoms with E-state index in [1.165, 1.54) is 4.90 Å². The summed E-state index contributed by atoms with van der Waals surface area (Å²) in [7, 11) is 1.57. The number of Topliss-reactive ketones (excluding diaryl/α,β-unsaturated/α-hetero) is 1. The summed E-state index contributed by atoms with van der Waals surface area (Å²) < 4.78 is 21.9. The minimum absolute atomic E-state index is 0.0935. The Balaban J connectivity index is 1.47. The van der Waals surface area contributed by atoms with Crippen molar-refractivity contribution < 1.29 is 33.0 Å². The van der Waals surface area contributed by atoms with Crippen LogP contribution in [0.4, 0.5) is 5.69 Å². The fourth-order valence-electron chi connectivity index (χ4n) is 3.52. The Morgan fingerprint density at radius 2 is 1.83 bits per heavy atom. The monoisotopic (exact) mass is 478 g/mol. The van der Waals surface area contributed by atoms with Crippen LogP contribution in [0, 0.1) is 0 Å². The lowest BCUT2D eigenvalue weighted by Crippen LogP contribution is -2.38. The smallest absolute Gasteiger partial charge is 0.286 e. The van der Waals surface area contributed by atoms with Gasteiger partial charge in [0.15, 0.2) is 24.8 Å². The lowest BCUT2D eigenvalue weighted by atomic mass is 10.1. The lowest BCUT2D eigenvalue weighted by Gasteiger charge is -2.29. The first kappa shape index (κ1) is 23.9. The Morgan fingerprint density at radius 3 is 2.57 bits per heavy atom. The predicted molar refractivity (Wildman–Crippen MR) is 127 cm³/mol. The van der Waals surface area contributed by atoms with Gasteiger partial charge in [0, 0.05) is 12.1 Å². The molecule has 0 fully saturated rings. The van der Waals surface area contributed by atoms with Gasteiger partial charge in [0.25, 0.3) is 11.8 Å². The Morgan fingerprint density at radius 1 is 1.06 bits per heavy atom. The molecule has 9 heteroatoms. The van der Waals surface area contributed by atoms with Crippen molar-refractivity contribution in [2.45, 2.75) is 19.9 Å². The van der Waals surface area contributed by atoms with E-state index in [1.54, 1.807) is 61.7 Å². The SMILES string of the molecule is CCCNC(=O)c1ccc(CN2C(=O)COc3ccc(C(=O)COc4ccc(OC)cc4)cc32)o1. The Kier molecular flexibility index (Phi) is 7.35. The number of carbonyl (C=O) groups is 3. The standard InChI is InChI=1S/C26H26N2O7/c1-3-12-27-26(31)24-11-9-20(35-24)14-28-21-13-17(4-10-23(21)34-16-25(28)30)22(29)15-33-19-7-5-18(32-2)6-8-19/h4-11,13H,3,12,14-16H2,1-2H3,(H,27,31). The molecule has 0 aliphatic carbocycles. The highest BCUT2D eigenvalue weighted by atomic mass is 16.5. The van der Waals surface area contributed by atoms with Gasteiger partial charge in [-0.2, -0.15) is 0 Å². The van der Waals surface area contributed by atoms with Crippen LogP contribution in [0.2, 0.25) is 0 Å². The van der Waals surface area contributed by atoms with Crippen LogP contribution in [0.25, 0.3) is 0 Å². The fraction of sp³-hybridized carbons (Fsp3) is 0.269. The van der Waals surface area contributed by atoms with Crippen LogP contribution in [0.1, 0.15) is 40.0 Å². The van der Waals surface area contributed by atoms with Crippen molar-refractivity contribution in [3.05, 3.63) is 71.7 Å². The third-order valence-corrected chi connectivity index (χ3v) is 5.39. The highest BCUT2D eigenvalue weighted by Gasteiger charge is 2.28. The Bertz CT molecular complexity index is 1220. The molecule has 1 aliphatic heterocycles. The molecule has 2 heterocycles. The highest BCUT2D eigenvalue weighted by Crippen LogP contribution is 2.34. The highest BCUT2D eigenvalue weighted by molar-refractivity contribution is 6.02. The molecule has 35 heavy (non-hydrogen) atoms. The molecular formula is C26H26N2O7. The van der Waals surface area contributed by atoms with E-state index in [9.17, 15) is 14.4 Å². The number of furan rings is 1. The second-order valence-electron chi connectivity index (χ2n) is 7.86. The molecule has 0 unspecified atom stereocenters. The van der Waals surface area contributed by atoms with Crippen LogP contribution in [-0.4, -0.2) is 44.5 Å². The Labute approximate surface area is 202 Å². The first-order valence-corrected chi connectivity index (χ1v) is 11.2. The largest absolute Gasteiger partial charge is 0.497 e. The summed E-state index contributed by atoms with van der Waals surface area (Å²) in [5.41, 5.74) is 0.824. The van der Waals surface area contributed by atoms with Gasteiger partial charge in [-0.3, -0.25) is 19.3 Å². The molecule has 0 spiro atoms. The first-order chi connectivity index (χ1) is 17.0. The average Bonchev–Trinajstić information content (AvgIpc) is 3.36. The number of hydrogen-bond acceptors (Lipinski definition) is 7. The number of amides is 2. The van der Waals surface area contributed by atoms with Gasteiger partial charge in [-0.05, 0) is 61.0 Å². The first-order valence-electron chi connectivity index (χ1n) is 11.2. The maximum atomic E-state index is 12.8. The summed E-state index contributed by atoms with van der Waals surface area (Å²) in [6, 6.07) is 15.0. The summed E-state index contributed by atoms with van der Waals surface area (Å²) in [6.07, 6.45) is 0.810. The van der Waals surface area contributed by atoms with E-state index in [4.69, 9.17) is 18.6 Å². The molecule has 4 rings (SSSR count). The average molecular weight is 479 g/mol. The fourth-order valence-corrected chi connectivity index (χ4v) is 3.52. The van der Waals surface area contributed by atoms with E-state index in [0.717, 1.165) is 6.42 Å². The number of rotatable bonds is 10. The third kappa shape index (κ3) is 5.63. The van der Waals surface area contributed by atoms with Crippen molar-refractivity contribution >= 4 is 23.3 Å². The number of hydrogen-bond donors (Lipinski definition) is 1. The number of anilines is 1. The van der Waals surface area contributed by atoms with Gasteiger partial charge in [0.2, 0.25) is 0 Å². The van der Waals surface area contributed by atoms with E-state index in [2.05, 4.69) is 5.32 Å². The minimum Gasteiger partial charge on any atom is -0.497 e. The van der Waals surface area contributed by atoms with E-state index in [1.807, 2.05) is 6.92 Å². The van der Waals surface area contributed by atoms with Crippen LogP contribution in [0.3, 0.4) is 0 Å². The number of methoxy groups -OCH3 is 1. The molecule has 9 nitrogen and oxygen atoms in total. The second-order valence-corrected chi connectivity index (χ2v) is 7.86. The molecule has 1 aromatic heterocycles. The van der Waals surface area contributed by atoms with E-state index in [0.29, 0.717) is 40.8 Å². The number of ether oxygens (including phenoxy) is 3. The van der Waals surface area contributed by atoms with E-state index >= 15 is 0 Å². The van der Waals surface area contributed by atoms with Crippen molar-refractivity contribution in [2.24, 2.45) is 0 Å². The molecule has 1 N–H and O–H groups in total. The van der Waals surface area contributed by atoms with E-state index in [-0.39, 0.29) is 43.1 Å². The third-order valence-electron chi connectivity index (χ3n) is 5.39. The molecule has 0 bridgehead atoms.